The number of hydrogen-bond acceptors (Lipinski definition) is 8. The molecule has 1 fully saturated rings. The fraction of sp³-hybridized carbons (Fsp3) is 0.304. The smallest absolute Gasteiger partial charge is 0.270 e. The summed E-state index contributed by atoms with van der Waals surface area (Å²) in [7, 11) is 3.25. The molecule has 0 spiro atoms. The molecule has 0 aliphatic carbocycles. The number of nitrogens with one attached hydrogen (secondary N) is 1. The number of methoxy groups -OCH3 is 2. The SMILES string of the molecule is COc1cc(NC2CCN(c3cc(C#N)c4cc([N+](=O)[O-])ccc4n3)CC2)cc(OC)c1. The van der Waals surface area contributed by atoms with Gasteiger partial charge in [0.25, 0.3) is 5.69 Å². The second-order valence-electron chi connectivity index (χ2n) is 7.61. The van der Waals surface area contributed by atoms with Gasteiger partial charge in [-0.25, -0.2) is 4.98 Å². The Hall–Kier alpha value is -4.06. The average Bonchev–Trinajstić information content (AvgIpc) is 2.83. The molecule has 1 saturated heterocycles. The van der Waals surface area contributed by atoms with Crippen LogP contribution in [0, 0.1) is 21.4 Å². The molecule has 0 unspecified atom stereocenters. The Bertz CT molecular complexity index is 1180. The zero-order valence-corrected chi connectivity index (χ0v) is 17.9. The van der Waals surface area contributed by atoms with Gasteiger partial charge in [-0.2, -0.15) is 5.26 Å². The number of non-ortho nitro benzene ring substituents is 1. The van der Waals surface area contributed by atoms with Gasteiger partial charge in [0, 0.05) is 60.5 Å². The maximum absolute atomic E-state index is 11.1. The summed E-state index contributed by atoms with van der Waals surface area (Å²) in [5, 5.41) is 24.7. The molecule has 0 amide bonds. The van der Waals surface area contributed by atoms with Gasteiger partial charge >= 0.3 is 0 Å². The normalized spacial score (nSPS) is 14.1. The first-order chi connectivity index (χ1) is 15.5. The molecule has 2 heterocycles. The van der Waals surface area contributed by atoms with E-state index < -0.39 is 4.92 Å². The number of anilines is 2. The van der Waals surface area contributed by atoms with Gasteiger partial charge in [-0.15, -0.1) is 0 Å². The van der Waals surface area contributed by atoms with Crippen LogP contribution in [0.1, 0.15) is 18.4 Å². The average molecular weight is 433 g/mol. The Labute approximate surface area is 185 Å². The largest absolute Gasteiger partial charge is 0.497 e. The second kappa shape index (κ2) is 8.98. The Morgan fingerprint density at radius 3 is 2.41 bits per heavy atom. The maximum atomic E-state index is 11.1. The van der Waals surface area contributed by atoms with E-state index >= 15 is 0 Å². The number of nitro benzene ring substituents is 1. The van der Waals surface area contributed by atoms with Crippen LogP contribution in [0.2, 0.25) is 0 Å². The van der Waals surface area contributed by atoms with Crippen LogP contribution in [-0.4, -0.2) is 43.3 Å². The zero-order chi connectivity index (χ0) is 22.7. The number of fused-ring (bicyclic) bond motifs is 1. The highest BCUT2D eigenvalue weighted by atomic mass is 16.6. The Morgan fingerprint density at radius 1 is 1.12 bits per heavy atom. The first-order valence-corrected chi connectivity index (χ1v) is 10.2. The molecule has 2 aromatic carbocycles. The molecule has 164 valence electrons. The van der Waals surface area contributed by atoms with Gasteiger partial charge in [-0.3, -0.25) is 10.1 Å². The summed E-state index contributed by atoms with van der Waals surface area (Å²) in [6, 6.07) is 14.3. The number of piperidine rings is 1. The topological polar surface area (TPSA) is 114 Å². The molecule has 0 bridgehead atoms. The lowest BCUT2D eigenvalue weighted by molar-refractivity contribution is -0.384. The predicted octanol–water partition coefficient (Wildman–Crippen LogP) is 4.11. The van der Waals surface area contributed by atoms with E-state index in [0.717, 1.165) is 43.1 Å². The Balaban J connectivity index is 1.49. The van der Waals surface area contributed by atoms with E-state index in [2.05, 4.69) is 21.3 Å². The maximum Gasteiger partial charge on any atom is 0.270 e. The third-order valence-corrected chi connectivity index (χ3v) is 5.65. The van der Waals surface area contributed by atoms with Crippen molar-refractivity contribution in [1.29, 1.82) is 5.26 Å². The van der Waals surface area contributed by atoms with E-state index in [1.807, 2.05) is 18.2 Å². The van der Waals surface area contributed by atoms with Crippen molar-refractivity contribution in [1.82, 2.24) is 4.98 Å². The van der Waals surface area contributed by atoms with Gasteiger partial charge < -0.3 is 19.7 Å². The predicted molar refractivity (Wildman–Crippen MR) is 122 cm³/mol. The molecular weight excluding hydrogens is 410 g/mol. The number of pyridine rings is 1. The summed E-state index contributed by atoms with van der Waals surface area (Å²) in [5.74, 6) is 2.17. The molecule has 1 aliphatic rings. The first-order valence-electron chi connectivity index (χ1n) is 10.2. The van der Waals surface area contributed by atoms with E-state index in [0.29, 0.717) is 22.3 Å². The third kappa shape index (κ3) is 4.34. The van der Waals surface area contributed by atoms with Gasteiger partial charge in [0.15, 0.2) is 0 Å². The molecule has 32 heavy (non-hydrogen) atoms. The van der Waals surface area contributed by atoms with Gasteiger partial charge in [0.2, 0.25) is 0 Å². The second-order valence-corrected chi connectivity index (χ2v) is 7.61. The summed E-state index contributed by atoms with van der Waals surface area (Å²) in [6.45, 7) is 1.55. The fourth-order valence-electron chi connectivity index (χ4n) is 3.95. The molecule has 1 aromatic heterocycles. The van der Waals surface area contributed by atoms with Crippen LogP contribution >= 0.6 is 0 Å². The Morgan fingerprint density at radius 2 is 1.81 bits per heavy atom. The van der Waals surface area contributed by atoms with Crippen LogP contribution in [0.15, 0.2) is 42.5 Å². The van der Waals surface area contributed by atoms with Crippen LogP contribution in [-0.2, 0) is 0 Å². The van der Waals surface area contributed by atoms with Gasteiger partial charge in [0.05, 0.1) is 36.3 Å². The van der Waals surface area contributed by atoms with E-state index in [1.165, 1.54) is 12.1 Å². The summed E-state index contributed by atoms with van der Waals surface area (Å²) < 4.78 is 10.7. The minimum atomic E-state index is -0.468. The molecule has 4 rings (SSSR count). The van der Waals surface area contributed by atoms with Gasteiger partial charge in [0.1, 0.15) is 17.3 Å². The summed E-state index contributed by atoms with van der Waals surface area (Å²) in [4.78, 5) is 17.4. The molecule has 0 radical (unpaired) electrons. The molecule has 3 aromatic rings. The highest BCUT2D eigenvalue weighted by Crippen LogP contribution is 2.30. The number of nitro groups is 1. The number of nitrogens with zero attached hydrogens (tertiary/aromatic N) is 4. The quantitative estimate of drug-likeness (QED) is 0.456. The lowest BCUT2D eigenvalue weighted by Gasteiger charge is -2.34. The third-order valence-electron chi connectivity index (χ3n) is 5.65. The summed E-state index contributed by atoms with van der Waals surface area (Å²) in [6.07, 6.45) is 1.78. The number of hydrogen-bond donors (Lipinski definition) is 1. The lowest BCUT2D eigenvalue weighted by atomic mass is 10.0. The monoisotopic (exact) mass is 433 g/mol. The van der Waals surface area contributed by atoms with Crippen molar-refractivity contribution in [3.63, 3.8) is 0 Å². The summed E-state index contributed by atoms with van der Waals surface area (Å²) >= 11 is 0. The number of ether oxygens (including phenoxy) is 2. The lowest BCUT2D eigenvalue weighted by Crippen LogP contribution is -2.39. The zero-order valence-electron chi connectivity index (χ0n) is 17.9. The first kappa shape index (κ1) is 21.2. The van der Waals surface area contributed by atoms with E-state index in [9.17, 15) is 15.4 Å². The van der Waals surface area contributed by atoms with Crippen molar-refractivity contribution >= 4 is 28.1 Å². The summed E-state index contributed by atoms with van der Waals surface area (Å²) in [5.41, 5.74) is 1.85. The molecule has 1 aliphatic heterocycles. The van der Waals surface area contributed by atoms with Crippen LogP contribution in [0.5, 0.6) is 11.5 Å². The van der Waals surface area contributed by atoms with Crippen molar-refractivity contribution in [3.8, 4) is 17.6 Å². The number of benzene rings is 2. The van der Waals surface area contributed by atoms with Gasteiger partial charge in [-0.05, 0) is 25.0 Å². The molecule has 9 heteroatoms. The van der Waals surface area contributed by atoms with Crippen molar-refractivity contribution < 1.29 is 14.4 Å². The van der Waals surface area contributed by atoms with Crippen molar-refractivity contribution in [2.45, 2.75) is 18.9 Å². The van der Waals surface area contributed by atoms with E-state index in [4.69, 9.17) is 9.47 Å². The van der Waals surface area contributed by atoms with Crippen LogP contribution < -0.4 is 19.7 Å². The van der Waals surface area contributed by atoms with Crippen LogP contribution in [0.25, 0.3) is 10.9 Å². The van der Waals surface area contributed by atoms with Crippen molar-refractivity contribution in [2.75, 3.05) is 37.5 Å². The minimum Gasteiger partial charge on any atom is -0.497 e. The van der Waals surface area contributed by atoms with Crippen LogP contribution in [0.4, 0.5) is 17.2 Å². The van der Waals surface area contributed by atoms with E-state index in [-0.39, 0.29) is 11.7 Å². The molecular formula is C23H23N5O4. The highest BCUT2D eigenvalue weighted by Gasteiger charge is 2.22. The van der Waals surface area contributed by atoms with Crippen molar-refractivity contribution in [2.24, 2.45) is 0 Å². The standard InChI is InChI=1S/C23H23N5O4/c1-31-19-10-17(11-20(13-19)32-2)25-16-5-7-27(8-6-16)23-9-15(14-24)21-12-18(28(29)30)3-4-22(21)26-23/h3-4,9-13,16,25H,5-8H2,1-2H3. The van der Waals surface area contributed by atoms with Crippen LogP contribution in [0.3, 0.4) is 0 Å². The number of rotatable bonds is 6. The molecule has 0 atom stereocenters. The number of nitriles is 1. The molecule has 0 saturated carbocycles. The highest BCUT2D eigenvalue weighted by molar-refractivity contribution is 5.88. The minimum absolute atomic E-state index is 0.0513. The Kier molecular flexibility index (Phi) is 5.94. The van der Waals surface area contributed by atoms with Crippen molar-refractivity contribution in [3.05, 3.63) is 58.1 Å². The molecule has 9 nitrogen and oxygen atoms in total. The van der Waals surface area contributed by atoms with Gasteiger partial charge in [-0.1, -0.05) is 0 Å². The fourth-order valence-corrected chi connectivity index (χ4v) is 3.95. The molecule has 1 N–H and O–H groups in total. The van der Waals surface area contributed by atoms with E-state index in [1.54, 1.807) is 26.4 Å². The number of aromatic nitrogens is 1.